The van der Waals surface area contributed by atoms with Crippen LogP contribution in [0, 0.1) is 0 Å². The predicted molar refractivity (Wildman–Crippen MR) is 105 cm³/mol. The molecule has 1 atom stereocenters. The summed E-state index contributed by atoms with van der Waals surface area (Å²) in [6, 6.07) is 15.6. The van der Waals surface area contributed by atoms with Crippen molar-refractivity contribution >= 4 is 12.0 Å². The Hall–Kier alpha value is -2.82. The van der Waals surface area contributed by atoms with Crippen LogP contribution in [-0.4, -0.2) is 28.5 Å². The van der Waals surface area contributed by atoms with Crippen molar-refractivity contribution in [3.05, 3.63) is 59.7 Å². The summed E-state index contributed by atoms with van der Waals surface area (Å²) in [6.07, 6.45) is -0.584. The van der Waals surface area contributed by atoms with Gasteiger partial charge in [0.15, 0.2) is 0 Å². The zero-order valence-corrected chi connectivity index (χ0v) is 16.3. The van der Waals surface area contributed by atoms with Crippen molar-refractivity contribution in [2.45, 2.75) is 52.4 Å². The fraction of sp³-hybridized carbons (Fsp3) is 0.364. The van der Waals surface area contributed by atoms with E-state index in [4.69, 9.17) is 4.74 Å². The number of alkyl carbamates (subject to hydrolysis) is 1. The number of rotatable bonds is 2. The molecule has 0 unspecified atom stereocenters. The smallest absolute Gasteiger partial charge is 0.408 e. The largest absolute Gasteiger partial charge is 0.444 e. The van der Waals surface area contributed by atoms with E-state index >= 15 is 0 Å². The van der Waals surface area contributed by atoms with Gasteiger partial charge in [-0.1, -0.05) is 48.5 Å². The normalized spacial score (nSPS) is 14.4. The Balaban J connectivity index is 1.81. The monoisotopic (exact) mass is 366 g/mol. The number of fused-ring (bicyclic) bond motifs is 3. The van der Waals surface area contributed by atoms with E-state index in [1.54, 1.807) is 32.6 Å². The molecule has 5 nitrogen and oxygen atoms in total. The number of hydrogen-bond acceptors (Lipinski definition) is 3. The number of benzene rings is 2. The molecule has 3 rings (SSSR count). The van der Waals surface area contributed by atoms with Gasteiger partial charge in [0.05, 0.1) is 0 Å². The summed E-state index contributed by atoms with van der Waals surface area (Å²) in [6.45, 7) is 8.08. The highest BCUT2D eigenvalue weighted by molar-refractivity contribution is 5.86. The van der Waals surface area contributed by atoms with Gasteiger partial charge in [-0.15, -0.1) is 0 Å². The van der Waals surface area contributed by atoms with Crippen molar-refractivity contribution in [2.24, 2.45) is 0 Å². The lowest BCUT2D eigenvalue weighted by atomic mass is 9.97. The average Bonchev–Trinajstić information content (AvgIpc) is 2.76. The van der Waals surface area contributed by atoms with E-state index in [1.807, 2.05) is 36.4 Å². The minimum absolute atomic E-state index is 0.132. The summed E-state index contributed by atoms with van der Waals surface area (Å²) >= 11 is 0. The van der Waals surface area contributed by atoms with Crippen LogP contribution in [-0.2, 0) is 22.6 Å². The van der Waals surface area contributed by atoms with E-state index in [2.05, 4.69) is 17.4 Å². The number of nitrogens with zero attached hydrogens (tertiary/aromatic N) is 1. The molecule has 1 heterocycles. The third-order valence-corrected chi connectivity index (χ3v) is 4.46. The molecule has 0 spiro atoms. The Bertz CT molecular complexity index is 807. The lowest BCUT2D eigenvalue weighted by Crippen LogP contribution is -2.47. The van der Waals surface area contributed by atoms with Crippen molar-refractivity contribution in [1.82, 2.24) is 10.2 Å². The number of carbonyl (C=O) groups excluding carboxylic acids is 2. The molecule has 5 heteroatoms. The molecule has 27 heavy (non-hydrogen) atoms. The van der Waals surface area contributed by atoms with Crippen LogP contribution in [0.1, 0.15) is 38.8 Å². The van der Waals surface area contributed by atoms with Crippen molar-refractivity contribution < 1.29 is 14.3 Å². The molecule has 2 aromatic carbocycles. The lowest BCUT2D eigenvalue weighted by molar-refractivity contribution is -0.134. The molecule has 1 aliphatic heterocycles. The SMILES string of the molecule is C[C@H](NC(=O)OC(C)(C)C)C(=O)N1Cc2ccccc2-c2ccccc2C1. The number of hydrogen-bond donors (Lipinski definition) is 1. The third-order valence-electron chi connectivity index (χ3n) is 4.46. The summed E-state index contributed by atoms with van der Waals surface area (Å²) in [7, 11) is 0. The van der Waals surface area contributed by atoms with Crippen molar-refractivity contribution in [3.63, 3.8) is 0 Å². The summed E-state index contributed by atoms with van der Waals surface area (Å²) in [5.41, 5.74) is 3.89. The first-order valence-corrected chi connectivity index (χ1v) is 9.19. The fourth-order valence-electron chi connectivity index (χ4n) is 3.28. The summed E-state index contributed by atoms with van der Waals surface area (Å²) in [5, 5.41) is 2.65. The van der Waals surface area contributed by atoms with Gasteiger partial charge >= 0.3 is 6.09 Å². The van der Waals surface area contributed by atoms with Crippen LogP contribution >= 0.6 is 0 Å². The van der Waals surface area contributed by atoms with Gasteiger partial charge in [0.1, 0.15) is 11.6 Å². The first-order valence-electron chi connectivity index (χ1n) is 9.19. The topological polar surface area (TPSA) is 58.6 Å². The van der Waals surface area contributed by atoms with Gasteiger partial charge in [0, 0.05) is 13.1 Å². The van der Waals surface area contributed by atoms with Crippen LogP contribution in [0.5, 0.6) is 0 Å². The molecule has 0 bridgehead atoms. The Kier molecular flexibility index (Phi) is 5.22. The number of carbonyl (C=O) groups is 2. The van der Waals surface area contributed by atoms with Gasteiger partial charge in [-0.25, -0.2) is 4.79 Å². The minimum atomic E-state index is -0.669. The first kappa shape index (κ1) is 19.0. The van der Waals surface area contributed by atoms with E-state index in [1.165, 1.54) is 0 Å². The highest BCUT2D eigenvalue weighted by Gasteiger charge is 2.27. The molecule has 0 fully saturated rings. The van der Waals surface area contributed by atoms with Crippen LogP contribution < -0.4 is 5.32 Å². The molecule has 0 aromatic heterocycles. The van der Waals surface area contributed by atoms with Crippen molar-refractivity contribution in [2.75, 3.05) is 0 Å². The Morgan fingerprint density at radius 2 is 1.44 bits per heavy atom. The molecule has 0 saturated heterocycles. The maximum Gasteiger partial charge on any atom is 0.408 e. The highest BCUT2D eigenvalue weighted by Crippen LogP contribution is 2.32. The van der Waals surface area contributed by atoms with Gasteiger partial charge in [0.2, 0.25) is 5.91 Å². The predicted octanol–water partition coefficient (Wildman–Crippen LogP) is 4.11. The van der Waals surface area contributed by atoms with Gasteiger partial charge in [-0.3, -0.25) is 4.79 Å². The molecular weight excluding hydrogens is 340 g/mol. The van der Waals surface area contributed by atoms with Gasteiger partial charge in [-0.2, -0.15) is 0 Å². The number of nitrogens with one attached hydrogen (secondary N) is 1. The van der Waals surface area contributed by atoms with Crippen LogP contribution in [0.15, 0.2) is 48.5 Å². The molecule has 0 aliphatic carbocycles. The Morgan fingerprint density at radius 3 is 1.93 bits per heavy atom. The van der Waals surface area contributed by atoms with Gasteiger partial charge < -0.3 is 15.0 Å². The Labute approximate surface area is 160 Å². The fourth-order valence-corrected chi connectivity index (χ4v) is 3.28. The number of amides is 2. The van der Waals surface area contributed by atoms with E-state index in [0.717, 1.165) is 22.3 Å². The van der Waals surface area contributed by atoms with E-state index < -0.39 is 17.7 Å². The van der Waals surface area contributed by atoms with E-state index in [0.29, 0.717) is 13.1 Å². The highest BCUT2D eigenvalue weighted by atomic mass is 16.6. The van der Waals surface area contributed by atoms with Gasteiger partial charge in [-0.05, 0) is 49.9 Å². The van der Waals surface area contributed by atoms with Crippen LogP contribution in [0.3, 0.4) is 0 Å². The lowest BCUT2D eigenvalue weighted by Gasteiger charge is -2.26. The van der Waals surface area contributed by atoms with Crippen LogP contribution in [0.25, 0.3) is 11.1 Å². The first-order chi connectivity index (χ1) is 12.7. The molecule has 1 aliphatic rings. The maximum absolute atomic E-state index is 13.0. The molecule has 0 saturated carbocycles. The molecule has 1 N–H and O–H groups in total. The molecule has 142 valence electrons. The second kappa shape index (κ2) is 7.43. The van der Waals surface area contributed by atoms with Crippen molar-refractivity contribution in [1.29, 1.82) is 0 Å². The van der Waals surface area contributed by atoms with Crippen LogP contribution in [0.4, 0.5) is 4.79 Å². The molecule has 0 radical (unpaired) electrons. The second-order valence-electron chi connectivity index (χ2n) is 7.88. The summed E-state index contributed by atoms with van der Waals surface area (Å²) in [5.74, 6) is -0.132. The third kappa shape index (κ3) is 4.48. The second-order valence-corrected chi connectivity index (χ2v) is 7.88. The van der Waals surface area contributed by atoms with Gasteiger partial charge in [0.25, 0.3) is 0 Å². The van der Waals surface area contributed by atoms with Crippen LogP contribution in [0.2, 0.25) is 0 Å². The zero-order chi connectivity index (χ0) is 19.6. The molecule has 2 amide bonds. The standard InChI is InChI=1S/C22H26N2O3/c1-15(23-21(26)27-22(2,3)4)20(25)24-13-16-9-5-7-11-18(16)19-12-8-6-10-17(19)14-24/h5-12,15H,13-14H2,1-4H3,(H,23,26)/t15-/m0/s1. The van der Waals surface area contributed by atoms with E-state index in [-0.39, 0.29) is 5.91 Å². The zero-order valence-electron chi connectivity index (χ0n) is 16.3. The average molecular weight is 366 g/mol. The maximum atomic E-state index is 13.0. The molecular formula is C22H26N2O3. The van der Waals surface area contributed by atoms with E-state index in [9.17, 15) is 9.59 Å². The summed E-state index contributed by atoms with van der Waals surface area (Å²) < 4.78 is 5.26. The minimum Gasteiger partial charge on any atom is -0.444 e. The summed E-state index contributed by atoms with van der Waals surface area (Å²) in [4.78, 5) is 26.8. The Morgan fingerprint density at radius 1 is 0.963 bits per heavy atom. The quantitative estimate of drug-likeness (QED) is 0.870. The number of ether oxygens (including phenoxy) is 1. The van der Waals surface area contributed by atoms with Crippen molar-refractivity contribution in [3.8, 4) is 11.1 Å². The molecule has 2 aromatic rings.